The van der Waals surface area contributed by atoms with Crippen LogP contribution in [0, 0.1) is 12.3 Å². The normalized spacial score (nSPS) is 13.7. The van der Waals surface area contributed by atoms with Gasteiger partial charge in [0.05, 0.1) is 0 Å². The number of rotatable bonds is 5. The maximum absolute atomic E-state index is 6.30. The van der Waals surface area contributed by atoms with Gasteiger partial charge in [-0.1, -0.05) is 44.5 Å². The number of hydrogen-bond donors (Lipinski definition) is 1. The number of aryl methyl sites for hydroxylation is 1. The summed E-state index contributed by atoms with van der Waals surface area (Å²) in [5.41, 5.74) is 2.59. The van der Waals surface area contributed by atoms with E-state index in [4.69, 9.17) is 23.2 Å². The minimum Gasteiger partial charge on any atom is -0.311 e. The first-order chi connectivity index (χ1) is 8.28. The molecule has 0 aromatic heterocycles. The van der Waals surface area contributed by atoms with E-state index in [-0.39, 0.29) is 10.8 Å². The van der Waals surface area contributed by atoms with E-state index < -0.39 is 0 Å². The third-order valence-electron chi connectivity index (χ3n) is 2.72. The molecule has 1 N–H and O–H groups in total. The van der Waals surface area contributed by atoms with Gasteiger partial charge in [0.1, 0.15) is 0 Å². The highest BCUT2D eigenvalue weighted by molar-refractivity contribution is 6.31. The summed E-state index contributed by atoms with van der Waals surface area (Å²) in [7, 11) is 0. The summed E-state index contributed by atoms with van der Waals surface area (Å²) in [6.45, 7) is 10.2. The van der Waals surface area contributed by atoms with Crippen molar-refractivity contribution in [1.29, 1.82) is 0 Å². The van der Waals surface area contributed by atoms with Gasteiger partial charge in [-0.25, -0.2) is 0 Å². The minimum absolute atomic E-state index is 0.161. The van der Waals surface area contributed by atoms with Crippen LogP contribution < -0.4 is 5.32 Å². The molecule has 0 amide bonds. The summed E-state index contributed by atoms with van der Waals surface area (Å²) in [4.78, 5) is 0. The molecule has 0 aliphatic heterocycles. The van der Waals surface area contributed by atoms with Gasteiger partial charge in [-0.3, -0.25) is 0 Å². The van der Waals surface area contributed by atoms with Crippen LogP contribution in [0.4, 0.5) is 0 Å². The van der Waals surface area contributed by atoms with E-state index in [0.29, 0.717) is 0 Å². The largest absolute Gasteiger partial charge is 0.311 e. The van der Waals surface area contributed by atoms with Crippen molar-refractivity contribution < 1.29 is 0 Å². The Balaban J connectivity index is 2.37. The zero-order valence-electron chi connectivity index (χ0n) is 11.7. The predicted octanol–water partition coefficient (Wildman–Crippen LogP) is 4.78. The fourth-order valence-electron chi connectivity index (χ4n) is 1.90. The standard InChI is InChI=1S/C15H23Cl2N/c1-11-5-6-12(14(17)7-11)9-18-10-13(16)8-15(2,3)4/h5-7,13,18H,8-10H2,1-4H3. The first-order valence-electron chi connectivity index (χ1n) is 6.38. The lowest BCUT2D eigenvalue weighted by Gasteiger charge is -2.22. The van der Waals surface area contributed by atoms with Gasteiger partial charge in [0.15, 0.2) is 0 Å². The molecule has 18 heavy (non-hydrogen) atoms. The van der Waals surface area contributed by atoms with Crippen molar-refractivity contribution >= 4 is 23.2 Å². The summed E-state index contributed by atoms with van der Waals surface area (Å²) in [6, 6.07) is 6.14. The van der Waals surface area contributed by atoms with Gasteiger partial charge in [-0.2, -0.15) is 0 Å². The summed E-state index contributed by atoms with van der Waals surface area (Å²) < 4.78 is 0. The number of alkyl halides is 1. The fourth-order valence-corrected chi connectivity index (χ4v) is 2.77. The Hall–Kier alpha value is -0.240. The van der Waals surface area contributed by atoms with E-state index in [2.05, 4.69) is 38.2 Å². The van der Waals surface area contributed by atoms with Crippen LogP contribution >= 0.6 is 23.2 Å². The van der Waals surface area contributed by atoms with E-state index in [1.807, 2.05) is 13.0 Å². The topological polar surface area (TPSA) is 12.0 Å². The molecule has 102 valence electrons. The van der Waals surface area contributed by atoms with Gasteiger partial charge >= 0.3 is 0 Å². The third kappa shape index (κ3) is 6.08. The lowest BCUT2D eigenvalue weighted by atomic mass is 9.90. The Morgan fingerprint density at radius 3 is 2.50 bits per heavy atom. The van der Waals surface area contributed by atoms with Crippen LogP contribution in [-0.2, 0) is 6.54 Å². The highest BCUT2D eigenvalue weighted by Gasteiger charge is 2.16. The van der Waals surface area contributed by atoms with E-state index in [0.717, 1.165) is 30.1 Å². The van der Waals surface area contributed by atoms with Crippen LogP contribution in [0.1, 0.15) is 38.3 Å². The highest BCUT2D eigenvalue weighted by Crippen LogP contribution is 2.23. The van der Waals surface area contributed by atoms with Crippen LogP contribution in [0.15, 0.2) is 18.2 Å². The lowest BCUT2D eigenvalue weighted by molar-refractivity contribution is 0.364. The maximum Gasteiger partial charge on any atom is 0.0465 e. The molecule has 0 aliphatic carbocycles. The van der Waals surface area contributed by atoms with Gasteiger partial charge < -0.3 is 5.32 Å². The van der Waals surface area contributed by atoms with Crippen molar-refractivity contribution in [2.75, 3.05) is 6.54 Å². The second kappa shape index (κ2) is 6.79. The molecule has 1 atom stereocenters. The Morgan fingerprint density at radius 1 is 1.28 bits per heavy atom. The average Bonchev–Trinajstić information content (AvgIpc) is 2.18. The van der Waals surface area contributed by atoms with Crippen molar-refractivity contribution in [3.8, 4) is 0 Å². The van der Waals surface area contributed by atoms with Gasteiger partial charge in [-0.05, 0) is 36.0 Å². The molecule has 3 heteroatoms. The lowest BCUT2D eigenvalue weighted by Crippen LogP contribution is -2.26. The van der Waals surface area contributed by atoms with Crippen LogP contribution in [0.3, 0.4) is 0 Å². The molecule has 1 rings (SSSR count). The molecule has 0 radical (unpaired) electrons. The van der Waals surface area contributed by atoms with E-state index >= 15 is 0 Å². The molecule has 1 nitrogen and oxygen atoms in total. The Kier molecular flexibility index (Phi) is 5.97. The van der Waals surface area contributed by atoms with Crippen molar-refractivity contribution in [3.05, 3.63) is 34.3 Å². The van der Waals surface area contributed by atoms with Crippen molar-refractivity contribution in [2.24, 2.45) is 5.41 Å². The molecule has 0 spiro atoms. The monoisotopic (exact) mass is 287 g/mol. The highest BCUT2D eigenvalue weighted by atomic mass is 35.5. The van der Waals surface area contributed by atoms with Gasteiger partial charge in [-0.15, -0.1) is 11.6 Å². The molecule has 1 unspecified atom stereocenters. The van der Waals surface area contributed by atoms with E-state index in [1.165, 1.54) is 5.56 Å². The predicted molar refractivity (Wildman–Crippen MR) is 81.6 cm³/mol. The molecular formula is C15H23Cl2N. The zero-order valence-corrected chi connectivity index (χ0v) is 13.2. The number of benzene rings is 1. The van der Waals surface area contributed by atoms with Crippen molar-refractivity contribution in [2.45, 2.75) is 46.0 Å². The third-order valence-corrected chi connectivity index (χ3v) is 3.38. The second-order valence-electron chi connectivity index (χ2n) is 6.09. The smallest absolute Gasteiger partial charge is 0.0465 e. The molecule has 0 heterocycles. The molecule has 0 saturated carbocycles. The quantitative estimate of drug-likeness (QED) is 0.769. The number of nitrogens with one attached hydrogen (secondary N) is 1. The van der Waals surface area contributed by atoms with Crippen LogP contribution in [0.5, 0.6) is 0 Å². The van der Waals surface area contributed by atoms with Crippen LogP contribution in [0.25, 0.3) is 0 Å². The molecule has 1 aromatic rings. The van der Waals surface area contributed by atoms with E-state index in [1.54, 1.807) is 0 Å². The summed E-state index contributed by atoms with van der Waals surface area (Å²) in [5.74, 6) is 0. The zero-order chi connectivity index (χ0) is 13.8. The summed E-state index contributed by atoms with van der Waals surface area (Å²) in [5, 5.41) is 4.35. The molecule has 0 fully saturated rings. The average molecular weight is 288 g/mol. The molecular weight excluding hydrogens is 265 g/mol. The van der Waals surface area contributed by atoms with Gasteiger partial charge in [0.2, 0.25) is 0 Å². The van der Waals surface area contributed by atoms with Crippen molar-refractivity contribution in [1.82, 2.24) is 5.32 Å². The molecule has 1 aromatic carbocycles. The van der Waals surface area contributed by atoms with Crippen LogP contribution in [0.2, 0.25) is 5.02 Å². The SMILES string of the molecule is Cc1ccc(CNCC(Cl)CC(C)(C)C)c(Cl)c1. The first kappa shape index (κ1) is 15.8. The minimum atomic E-state index is 0.161. The Labute approximate surface area is 121 Å². The molecule has 0 aliphatic rings. The molecule has 0 saturated heterocycles. The number of halogens is 2. The Bertz CT molecular complexity index is 383. The number of hydrogen-bond acceptors (Lipinski definition) is 1. The summed E-state index contributed by atoms with van der Waals surface area (Å²) >= 11 is 12.5. The van der Waals surface area contributed by atoms with E-state index in [9.17, 15) is 0 Å². The van der Waals surface area contributed by atoms with Crippen molar-refractivity contribution in [3.63, 3.8) is 0 Å². The summed E-state index contributed by atoms with van der Waals surface area (Å²) in [6.07, 6.45) is 1.00. The fraction of sp³-hybridized carbons (Fsp3) is 0.600. The van der Waals surface area contributed by atoms with Crippen LogP contribution in [-0.4, -0.2) is 11.9 Å². The van der Waals surface area contributed by atoms with Gasteiger partial charge in [0, 0.05) is 23.5 Å². The maximum atomic E-state index is 6.30. The second-order valence-corrected chi connectivity index (χ2v) is 7.11. The van der Waals surface area contributed by atoms with Gasteiger partial charge in [0.25, 0.3) is 0 Å². The Morgan fingerprint density at radius 2 is 1.94 bits per heavy atom. The first-order valence-corrected chi connectivity index (χ1v) is 7.19. The molecule has 0 bridgehead atoms.